The van der Waals surface area contributed by atoms with Crippen LogP contribution in [-0.4, -0.2) is 23.5 Å². The van der Waals surface area contributed by atoms with Crippen molar-refractivity contribution in [2.75, 3.05) is 19.5 Å². The monoisotopic (exact) mass is 197 g/mol. The topological polar surface area (TPSA) is 53.1 Å². The number of anilines is 1. The van der Waals surface area contributed by atoms with Gasteiger partial charge in [0.25, 0.3) is 0 Å². The second-order valence-corrected chi connectivity index (χ2v) is 3.96. The molecule has 0 spiro atoms. The van der Waals surface area contributed by atoms with Gasteiger partial charge in [-0.05, 0) is 5.92 Å². The van der Waals surface area contributed by atoms with Crippen LogP contribution in [0.25, 0.3) is 0 Å². The van der Waals surface area contributed by atoms with Crippen LogP contribution in [0, 0.1) is 11.8 Å². The minimum absolute atomic E-state index is 0.485. The molecule has 4 heteroatoms. The molecular weight excluding hydrogens is 178 g/mol. The Labute approximate surface area is 85.0 Å². The number of methoxy groups -OCH3 is 1. The van der Waals surface area contributed by atoms with Gasteiger partial charge < -0.3 is 10.5 Å². The summed E-state index contributed by atoms with van der Waals surface area (Å²) in [5, 5.41) is 4.16. The zero-order valence-corrected chi connectivity index (χ0v) is 9.10. The number of ether oxygens (including phenoxy) is 1. The SMILES string of the molecule is COCC(Cn1cc(N)cn1)C(C)C. The van der Waals surface area contributed by atoms with Crippen LogP contribution in [0.3, 0.4) is 0 Å². The average molecular weight is 197 g/mol. The van der Waals surface area contributed by atoms with Crippen LogP contribution in [0.1, 0.15) is 13.8 Å². The molecule has 0 saturated heterocycles. The summed E-state index contributed by atoms with van der Waals surface area (Å²) >= 11 is 0. The molecule has 0 aliphatic rings. The van der Waals surface area contributed by atoms with Crippen LogP contribution in [-0.2, 0) is 11.3 Å². The lowest BCUT2D eigenvalue weighted by Gasteiger charge is -2.19. The molecule has 0 aliphatic heterocycles. The molecule has 0 saturated carbocycles. The predicted molar refractivity (Wildman–Crippen MR) is 56.8 cm³/mol. The van der Waals surface area contributed by atoms with Crippen LogP contribution in [0.4, 0.5) is 5.69 Å². The number of hydrogen-bond acceptors (Lipinski definition) is 3. The smallest absolute Gasteiger partial charge is 0.0719 e. The maximum Gasteiger partial charge on any atom is 0.0719 e. The van der Waals surface area contributed by atoms with Gasteiger partial charge in [-0.15, -0.1) is 0 Å². The molecule has 4 nitrogen and oxygen atoms in total. The molecule has 0 fully saturated rings. The van der Waals surface area contributed by atoms with Gasteiger partial charge in [0.05, 0.1) is 18.5 Å². The maximum absolute atomic E-state index is 5.59. The van der Waals surface area contributed by atoms with E-state index in [1.54, 1.807) is 13.3 Å². The Bertz CT molecular complexity index is 270. The van der Waals surface area contributed by atoms with E-state index in [1.165, 1.54) is 0 Å². The summed E-state index contributed by atoms with van der Waals surface area (Å²) in [5.74, 6) is 1.07. The number of aromatic nitrogens is 2. The van der Waals surface area contributed by atoms with Crippen LogP contribution >= 0.6 is 0 Å². The van der Waals surface area contributed by atoms with Gasteiger partial charge in [-0.3, -0.25) is 4.68 Å². The summed E-state index contributed by atoms with van der Waals surface area (Å²) in [7, 11) is 1.73. The van der Waals surface area contributed by atoms with E-state index in [0.717, 1.165) is 13.2 Å². The molecule has 0 amide bonds. The fourth-order valence-electron chi connectivity index (χ4n) is 1.39. The van der Waals surface area contributed by atoms with Gasteiger partial charge in [0, 0.05) is 25.8 Å². The Kier molecular flexibility index (Phi) is 3.95. The number of hydrogen-bond donors (Lipinski definition) is 1. The molecule has 0 aliphatic carbocycles. The summed E-state index contributed by atoms with van der Waals surface area (Å²) in [6, 6.07) is 0. The van der Waals surface area contributed by atoms with Gasteiger partial charge in [0.1, 0.15) is 0 Å². The third kappa shape index (κ3) is 3.03. The van der Waals surface area contributed by atoms with Crippen molar-refractivity contribution < 1.29 is 4.74 Å². The van der Waals surface area contributed by atoms with Crippen LogP contribution in [0.2, 0.25) is 0 Å². The first-order chi connectivity index (χ1) is 6.63. The van der Waals surface area contributed by atoms with Crippen molar-refractivity contribution in [1.82, 2.24) is 9.78 Å². The third-order valence-electron chi connectivity index (χ3n) is 2.40. The molecule has 1 atom stereocenters. The molecular formula is C10H19N3O. The van der Waals surface area contributed by atoms with Gasteiger partial charge in [-0.2, -0.15) is 5.10 Å². The largest absolute Gasteiger partial charge is 0.396 e. The van der Waals surface area contributed by atoms with Crippen molar-refractivity contribution in [2.45, 2.75) is 20.4 Å². The first-order valence-corrected chi connectivity index (χ1v) is 4.90. The Morgan fingerprint density at radius 1 is 1.57 bits per heavy atom. The molecule has 2 N–H and O–H groups in total. The fraction of sp³-hybridized carbons (Fsp3) is 0.700. The van der Waals surface area contributed by atoms with Gasteiger partial charge in [0.15, 0.2) is 0 Å². The summed E-state index contributed by atoms with van der Waals surface area (Å²) in [6.07, 6.45) is 3.52. The molecule has 1 heterocycles. The zero-order chi connectivity index (χ0) is 10.6. The molecule has 80 valence electrons. The van der Waals surface area contributed by atoms with Crippen LogP contribution in [0.15, 0.2) is 12.4 Å². The minimum atomic E-state index is 0.485. The summed E-state index contributed by atoms with van der Waals surface area (Å²) < 4.78 is 7.05. The van der Waals surface area contributed by atoms with Crippen molar-refractivity contribution in [3.05, 3.63) is 12.4 Å². The van der Waals surface area contributed by atoms with E-state index in [0.29, 0.717) is 17.5 Å². The Hall–Kier alpha value is -1.03. The Balaban J connectivity index is 2.55. The van der Waals surface area contributed by atoms with E-state index in [9.17, 15) is 0 Å². The van der Waals surface area contributed by atoms with Gasteiger partial charge in [-0.25, -0.2) is 0 Å². The molecule has 1 unspecified atom stereocenters. The lowest BCUT2D eigenvalue weighted by Crippen LogP contribution is -2.21. The quantitative estimate of drug-likeness (QED) is 0.776. The Morgan fingerprint density at radius 2 is 2.29 bits per heavy atom. The molecule has 1 rings (SSSR count). The highest BCUT2D eigenvalue weighted by atomic mass is 16.5. The third-order valence-corrected chi connectivity index (χ3v) is 2.40. The van der Waals surface area contributed by atoms with Crippen LogP contribution in [0.5, 0.6) is 0 Å². The Morgan fingerprint density at radius 3 is 2.71 bits per heavy atom. The van der Waals surface area contributed by atoms with E-state index in [-0.39, 0.29) is 0 Å². The van der Waals surface area contributed by atoms with Crippen molar-refractivity contribution in [3.63, 3.8) is 0 Å². The predicted octanol–water partition coefficient (Wildman–Crippen LogP) is 1.38. The fourth-order valence-corrected chi connectivity index (χ4v) is 1.39. The molecule has 0 radical (unpaired) electrons. The van der Waals surface area contributed by atoms with Crippen molar-refractivity contribution in [3.8, 4) is 0 Å². The van der Waals surface area contributed by atoms with Gasteiger partial charge >= 0.3 is 0 Å². The van der Waals surface area contributed by atoms with E-state index < -0.39 is 0 Å². The van der Waals surface area contributed by atoms with Crippen molar-refractivity contribution >= 4 is 5.69 Å². The van der Waals surface area contributed by atoms with E-state index in [1.807, 2.05) is 10.9 Å². The number of nitrogen functional groups attached to an aromatic ring is 1. The van der Waals surface area contributed by atoms with Crippen LogP contribution < -0.4 is 5.73 Å². The van der Waals surface area contributed by atoms with Crippen molar-refractivity contribution in [2.24, 2.45) is 11.8 Å². The van der Waals surface area contributed by atoms with E-state index in [4.69, 9.17) is 10.5 Å². The average Bonchev–Trinajstić information content (AvgIpc) is 2.50. The highest BCUT2D eigenvalue weighted by molar-refractivity contribution is 5.30. The molecule has 1 aromatic rings. The summed E-state index contributed by atoms with van der Waals surface area (Å²) in [4.78, 5) is 0. The highest BCUT2D eigenvalue weighted by Crippen LogP contribution is 2.14. The van der Waals surface area contributed by atoms with Gasteiger partial charge in [-0.1, -0.05) is 13.8 Å². The molecule has 1 aromatic heterocycles. The summed E-state index contributed by atoms with van der Waals surface area (Å²) in [6.45, 7) is 6.01. The zero-order valence-electron chi connectivity index (χ0n) is 9.10. The number of nitrogens with two attached hydrogens (primary N) is 1. The second-order valence-electron chi connectivity index (χ2n) is 3.96. The normalized spacial score (nSPS) is 13.4. The number of rotatable bonds is 5. The second kappa shape index (κ2) is 5.00. The first-order valence-electron chi connectivity index (χ1n) is 4.90. The lowest BCUT2D eigenvalue weighted by atomic mass is 9.97. The lowest BCUT2D eigenvalue weighted by molar-refractivity contribution is 0.116. The van der Waals surface area contributed by atoms with Gasteiger partial charge in [0.2, 0.25) is 0 Å². The molecule has 0 bridgehead atoms. The molecule has 14 heavy (non-hydrogen) atoms. The maximum atomic E-state index is 5.59. The highest BCUT2D eigenvalue weighted by Gasteiger charge is 2.14. The van der Waals surface area contributed by atoms with E-state index >= 15 is 0 Å². The van der Waals surface area contributed by atoms with Crippen molar-refractivity contribution in [1.29, 1.82) is 0 Å². The minimum Gasteiger partial charge on any atom is -0.396 e. The van der Waals surface area contributed by atoms with E-state index in [2.05, 4.69) is 18.9 Å². The number of nitrogens with zero attached hydrogens (tertiary/aromatic N) is 2. The summed E-state index contributed by atoms with van der Waals surface area (Å²) in [5.41, 5.74) is 6.30. The standard InChI is InChI=1S/C10H19N3O/c1-8(2)9(7-14-3)5-13-6-10(11)4-12-13/h4,6,8-9H,5,7,11H2,1-3H3. The molecule has 0 aromatic carbocycles. The first kappa shape index (κ1) is 11.0.